The Hall–Kier alpha value is -1.85. The molecule has 1 atom stereocenters. The normalized spacial score (nSPS) is 20.6. The summed E-state index contributed by atoms with van der Waals surface area (Å²) in [6.45, 7) is 7.62. The number of ether oxygens (including phenoxy) is 1. The second-order valence-corrected chi connectivity index (χ2v) is 7.33. The van der Waals surface area contributed by atoms with E-state index in [0.717, 1.165) is 19.5 Å². The molecule has 1 unspecified atom stereocenters. The fourth-order valence-corrected chi connectivity index (χ4v) is 3.92. The average molecular weight is 327 g/mol. The molecule has 1 N–H and O–H groups in total. The Morgan fingerprint density at radius 2 is 2.21 bits per heavy atom. The number of benzene rings is 1. The highest BCUT2D eigenvalue weighted by Crippen LogP contribution is 2.32. The molecule has 5 nitrogen and oxygen atoms in total. The largest absolute Gasteiger partial charge is 0.477 e. The molecule has 0 saturated carbocycles. The molecule has 0 aliphatic carbocycles. The van der Waals surface area contributed by atoms with E-state index in [1.165, 1.54) is 27.7 Å². The number of fused-ring (bicyclic) bond motifs is 3. The van der Waals surface area contributed by atoms with Gasteiger partial charge in [-0.05, 0) is 38.6 Å². The van der Waals surface area contributed by atoms with Gasteiger partial charge in [-0.2, -0.15) is 0 Å². The summed E-state index contributed by atoms with van der Waals surface area (Å²) in [6, 6.07) is 6.59. The van der Waals surface area contributed by atoms with Crippen LogP contribution >= 0.6 is 0 Å². The topological polar surface area (TPSA) is 50.0 Å². The Morgan fingerprint density at radius 1 is 1.38 bits per heavy atom. The van der Waals surface area contributed by atoms with E-state index in [2.05, 4.69) is 46.6 Å². The number of aryl methyl sites for hydroxylation is 1. The minimum Gasteiger partial charge on any atom is -0.477 e. The summed E-state index contributed by atoms with van der Waals surface area (Å²) in [5, 5.41) is 12.3. The molecule has 1 aromatic heterocycles. The minimum atomic E-state index is -1.08. The highest BCUT2D eigenvalue weighted by atomic mass is 16.5. The van der Waals surface area contributed by atoms with Crippen LogP contribution in [-0.2, 0) is 24.2 Å². The number of hydrogen-bond donors (Lipinski definition) is 1. The molecular formula is C19H25N3O2. The lowest BCUT2D eigenvalue weighted by Crippen LogP contribution is -2.40. The molecule has 0 amide bonds. The van der Waals surface area contributed by atoms with Crippen molar-refractivity contribution in [3.05, 3.63) is 35.0 Å². The fraction of sp³-hybridized carbons (Fsp3) is 0.526. The van der Waals surface area contributed by atoms with E-state index >= 15 is 0 Å². The molecule has 5 heteroatoms. The van der Waals surface area contributed by atoms with Crippen LogP contribution in [0.1, 0.15) is 23.7 Å². The first kappa shape index (κ1) is 15.7. The standard InChI is InChI=1S/C19H25N3O2/c1-13-4-5-16-14(10-13)15-11-21(3)8-6-17(15)22(16)12-19(2,23)18-20-7-9-24-18/h4-5,10,23H,6-9,11-12H2,1-3H3. The summed E-state index contributed by atoms with van der Waals surface area (Å²) in [4.78, 5) is 6.69. The maximum Gasteiger partial charge on any atom is 0.218 e. The second kappa shape index (κ2) is 5.60. The van der Waals surface area contributed by atoms with Gasteiger partial charge in [-0.15, -0.1) is 0 Å². The van der Waals surface area contributed by atoms with E-state index in [1.54, 1.807) is 6.92 Å². The van der Waals surface area contributed by atoms with E-state index < -0.39 is 5.60 Å². The maximum absolute atomic E-state index is 11.0. The third-order valence-electron chi connectivity index (χ3n) is 5.11. The number of aromatic nitrogens is 1. The highest BCUT2D eigenvalue weighted by molar-refractivity contribution is 5.88. The molecule has 0 bridgehead atoms. The van der Waals surface area contributed by atoms with Crippen molar-refractivity contribution >= 4 is 16.8 Å². The summed E-state index contributed by atoms with van der Waals surface area (Å²) in [5.41, 5.74) is 4.12. The second-order valence-electron chi connectivity index (χ2n) is 7.33. The average Bonchev–Trinajstić information content (AvgIpc) is 3.16. The van der Waals surface area contributed by atoms with Gasteiger partial charge in [0.1, 0.15) is 6.61 Å². The zero-order valence-corrected chi connectivity index (χ0v) is 14.7. The lowest BCUT2D eigenvalue weighted by atomic mass is 10.0. The van der Waals surface area contributed by atoms with Gasteiger partial charge in [0.15, 0.2) is 5.60 Å². The molecule has 0 radical (unpaired) electrons. The van der Waals surface area contributed by atoms with Crippen molar-refractivity contribution in [3.63, 3.8) is 0 Å². The van der Waals surface area contributed by atoms with Crippen molar-refractivity contribution < 1.29 is 9.84 Å². The SMILES string of the molecule is Cc1ccc2c(c1)c1c(n2CC(C)(O)C2=NCCO2)CCN(C)C1. The molecule has 0 spiro atoms. The smallest absolute Gasteiger partial charge is 0.218 e. The van der Waals surface area contributed by atoms with Gasteiger partial charge in [-0.3, -0.25) is 0 Å². The summed E-state index contributed by atoms with van der Waals surface area (Å²) in [6.07, 6.45) is 1.00. The van der Waals surface area contributed by atoms with Crippen molar-refractivity contribution in [2.75, 3.05) is 26.7 Å². The van der Waals surface area contributed by atoms with Gasteiger partial charge in [0.25, 0.3) is 0 Å². The van der Waals surface area contributed by atoms with E-state index in [1.807, 2.05) is 0 Å². The third-order valence-corrected chi connectivity index (χ3v) is 5.11. The Kier molecular flexibility index (Phi) is 3.66. The van der Waals surface area contributed by atoms with Crippen molar-refractivity contribution in [1.29, 1.82) is 0 Å². The van der Waals surface area contributed by atoms with Crippen LogP contribution in [0.15, 0.2) is 23.2 Å². The Balaban J connectivity index is 1.83. The van der Waals surface area contributed by atoms with Crippen molar-refractivity contribution in [1.82, 2.24) is 9.47 Å². The molecule has 0 fully saturated rings. The first-order valence-electron chi connectivity index (χ1n) is 8.65. The van der Waals surface area contributed by atoms with Gasteiger partial charge in [0.05, 0.1) is 13.1 Å². The number of aliphatic hydroxyl groups is 1. The first-order valence-corrected chi connectivity index (χ1v) is 8.65. The predicted octanol–water partition coefficient (Wildman–Crippen LogP) is 2.12. The molecule has 24 heavy (non-hydrogen) atoms. The Bertz CT molecular complexity index is 820. The number of likely N-dealkylation sites (N-methyl/N-ethyl adjacent to an activating group) is 1. The van der Waals surface area contributed by atoms with E-state index in [-0.39, 0.29) is 0 Å². The predicted molar refractivity (Wildman–Crippen MR) is 95.6 cm³/mol. The van der Waals surface area contributed by atoms with Crippen molar-refractivity contribution in [2.24, 2.45) is 4.99 Å². The van der Waals surface area contributed by atoms with Crippen LogP contribution in [0, 0.1) is 6.92 Å². The van der Waals surface area contributed by atoms with E-state index in [9.17, 15) is 5.11 Å². The van der Waals surface area contributed by atoms with Crippen LogP contribution < -0.4 is 0 Å². The summed E-state index contributed by atoms with van der Waals surface area (Å²) in [5.74, 6) is 0.470. The number of aliphatic imine (C=N–C) groups is 1. The monoisotopic (exact) mass is 327 g/mol. The molecule has 4 rings (SSSR count). The first-order chi connectivity index (χ1) is 11.5. The molecule has 2 aromatic rings. The van der Waals surface area contributed by atoms with Crippen LogP contribution in [0.2, 0.25) is 0 Å². The van der Waals surface area contributed by atoms with Gasteiger partial charge < -0.3 is 19.3 Å². The van der Waals surface area contributed by atoms with Crippen molar-refractivity contribution in [2.45, 2.75) is 39.0 Å². The van der Waals surface area contributed by atoms with Gasteiger partial charge in [-0.25, -0.2) is 4.99 Å². The maximum atomic E-state index is 11.0. The van der Waals surface area contributed by atoms with E-state index in [0.29, 0.717) is 25.6 Å². The van der Waals surface area contributed by atoms with Gasteiger partial charge in [-0.1, -0.05) is 11.6 Å². The van der Waals surface area contributed by atoms with Gasteiger partial charge in [0.2, 0.25) is 5.90 Å². The molecular weight excluding hydrogens is 302 g/mol. The molecule has 1 aromatic carbocycles. The van der Waals surface area contributed by atoms with Crippen LogP contribution in [0.5, 0.6) is 0 Å². The molecule has 3 heterocycles. The zero-order chi connectivity index (χ0) is 16.9. The number of rotatable bonds is 3. The minimum absolute atomic E-state index is 0.470. The molecule has 2 aliphatic heterocycles. The molecule has 2 aliphatic rings. The number of hydrogen-bond acceptors (Lipinski definition) is 4. The van der Waals surface area contributed by atoms with Gasteiger partial charge >= 0.3 is 0 Å². The summed E-state index contributed by atoms with van der Waals surface area (Å²) < 4.78 is 7.82. The van der Waals surface area contributed by atoms with Crippen LogP contribution in [0.4, 0.5) is 0 Å². The fourth-order valence-electron chi connectivity index (χ4n) is 3.92. The summed E-state index contributed by atoms with van der Waals surface area (Å²) >= 11 is 0. The lowest BCUT2D eigenvalue weighted by molar-refractivity contribution is 0.0856. The van der Waals surface area contributed by atoms with Crippen LogP contribution in [0.25, 0.3) is 10.9 Å². The van der Waals surface area contributed by atoms with Crippen LogP contribution in [-0.4, -0.2) is 52.8 Å². The third kappa shape index (κ3) is 2.52. The Labute approximate surface area is 142 Å². The lowest BCUT2D eigenvalue weighted by Gasteiger charge is -2.28. The van der Waals surface area contributed by atoms with Crippen LogP contribution in [0.3, 0.4) is 0 Å². The van der Waals surface area contributed by atoms with Crippen molar-refractivity contribution in [3.8, 4) is 0 Å². The Morgan fingerprint density at radius 3 is 2.96 bits per heavy atom. The van der Waals surface area contributed by atoms with E-state index in [4.69, 9.17) is 4.74 Å². The number of nitrogens with zero attached hydrogens (tertiary/aromatic N) is 3. The van der Waals surface area contributed by atoms with Gasteiger partial charge in [0, 0.05) is 36.1 Å². The molecule has 128 valence electrons. The highest BCUT2D eigenvalue weighted by Gasteiger charge is 2.34. The summed E-state index contributed by atoms with van der Waals surface area (Å²) in [7, 11) is 2.17. The molecule has 0 saturated heterocycles. The quantitative estimate of drug-likeness (QED) is 0.939. The zero-order valence-electron chi connectivity index (χ0n) is 14.7.